The lowest BCUT2D eigenvalue weighted by Gasteiger charge is -2.44. The van der Waals surface area contributed by atoms with Gasteiger partial charge in [-0.05, 0) is 57.1 Å². The molecule has 3 heterocycles. The Kier molecular flexibility index (Phi) is 4.36. The van der Waals surface area contributed by atoms with Gasteiger partial charge in [-0.15, -0.1) is 0 Å². The zero-order valence-electron chi connectivity index (χ0n) is 16.4. The number of nitrogens with zero attached hydrogens (tertiary/aromatic N) is 2. The molecule has 6 nitrogen and oxygen atoms in total. The van der Waals surface area contributed by atoms with Gasteiger partial charge in [0.2, 0.25) is 11.8 Å². The van der Waals surface area contributed by atoms with E-state index >= 15 is 0 Å². The Labute approximate surface area is 171 Å². The maximum absolute atomic E-state index is 14.1. The maximum Gasteiger partial charge on any atom is 0.239 e. The monoisotopic (exact) mass is 413 g/mol. The van der Waals surface area contributed by atoms with Gasteiger partial charge >= 0.3 is 0 Å². The van der Waals surface area contributed by atoms with Crippen LogP contribution in [0.2, 0.25) is 0 Å². The molecule has 1 aromatic carbocycles. The van der Waals surface area contributed by atoms with Crippen LogP contribution in [0.25, 0.3) is 11.0 Å². The predicted octanol–water partition coefficient (Wildman–Crippen LogP) is 3.22. The number of benzene rings is 1. The molecule has 0 radical (unpaired) electrons. The molecule has 2 aromatic rings. The fraction of sp³-hybridized carbons (Fsp3) is 0.409. The lowest BCUT2D eigenvalue weighted by Crippen LogP contribution is -2.54. The summed E-state index contributed by atoms with van der Waals surface area (Å²) in [5, 5.41) is 7.35. The molecule has 156 valence electrons. The van der Waals surface area contributed by atoms with E-state index in [1.807, 2.05) is 6.92 Å². The minimum atomic E-state index is -1.24. The Balaban J connectivity index is 1.37. The van der Waals surface area contributed by atoms with Gasteiger partial charge in [-0.25, -0.2) is 8.78 Å². The number of hydrogen-bond acceptors (Lipinski definition) is 5. The van der Waals surface area contributed by atoms with Crippen molar-refractivity contribution < 1.29 is 22.9 Å². The van der Waals surface area contributed by atoms with E-state index in [9.17, 15) is 18.4 Å². The molecule has 30 heavy (non-hydrogen) atoms. The molecule has 1 aromatic heterocycles. The first-order valence-electron chi connectivity index (χ1n) is 10.1. The smallest absolute Gasteiger partial charge is 0.239 e. The van der Waals surface area contributed by atoms with E-state index in [0.717, 1.165) is 23.9 Å². The second-order valence-electron chi connectivity index (χ2n) is 8.31. The first-order valence-corrected chi connectivity index (χ1v) is 10.1. The Morgan fingerprint density at radius 1 is 1.27 bits per heavy atom. The molecule has 2 saturated heterocycles. The van der Waals surface area contributed by atoms with Crippen LogP contribution in [0.4, 0.5) is 8.78 Å². The molecule has 2 fully saturated rings. The number of fused-ring (bicyclic) bond motifs is 2. The van der Waals surface area contributed by atoms with Crippen molar-refractivity contribution in [2.24, 2.45) is 11.3 Å². The van der Waals surface area contributed by atoms with E-state index < -0.39 is 23.1 Å². The number of hydrogen-bond donors (Lipinski definition) is 1. The van der Waals surface area contributed by atoms with E-state index in [4.69, 9.17) is 4.52 Å². The molecule has 3 aliphatic rings. The fourth-order valence-corrected chi connectivity index (χ4v) is 5.18. The summed E-state index contributed by atoms with van der Waals surface area (Å²) in [4.78, 5) is 27.1. The topological polar surface area (TPSA) is 75.4 Å². The van der Waals surface area contributed by atoms with E-state index in [0.29, 0.717) is 18.7 Å². The highest BCUT2D eigenvalue weighted by Crippen LogP contribution is 2.46. The second kappa shape index (κ2) is 6.84. The summed E-state index contributed by atoms with van der Waals surface area (Å²) in [6.07, 6.45) is 5.57. The number of piperidine rings is 1. The zero-order valence-corrected chi connectivity index (χ0v) is 16.4. The van der Waals surface area contributed by atoms with Gasteiger partial charge in [0.25, 0.3) is 0 Å². The van der Waals surface area contributed by atoms with Crippen LogP contribution >= 0.6 is 0 Å². The van der Waals surface area contributed by atoms with E-state index in [2.05, 4.69) is 15.4 Å². The Morgan fingerprint density at radius 2 is 2.03 bits per heavy atom. The number of carbonyl (C=O) groups is 2. The maximum atomic E-state index is 14.1. The van der Waals surface area contributed by atoms with Gasteiger partial charge in [-0.3, -0.25) is 19.8 Å². The zero-order chi connectivity index (χ0) is 21.0. The molecule has 2 amide bonds. The number of rotatable bonds is 3. The van der Waals surface area contributed by atoms with E-state index in [-0.39, 0.29) is 23.7 Å². The summed E-state index contributed by atoms with van der Waals surface area (Å²) >= 11 is 0. The normalized spacial score (nSPS) is 28.5. The van der Waals surface area contributed by atoms with Crippen LogP contribution in [0.15, 0.2) is 46.8 Å². The quantitative estimate of drug-likeness (QED) is 0.782. The van der Waals surface area contributed by atoms with Crippen LogP contribution in [0.5, 0.6) is 0 Å². The molecule has 0 saturated carbocycles. The first-order chi connectivity index (χ1) is 14.4. The van der Waals surface area contributed by atoms with Gasteiger partial charge in [0, 0.05) is 23.4 Å². The number of allylic oxidation sites excluding steroid dienone is 2. The molecule has 0 bridgehead atoms. The van der Waals surface area contributed by atoms with E-state index in [1.54, 1.807) is 6.07 Å². The standard InChI is InChI=1S/C22H21F2N3O3/c1-12(22-11-15(24)3-5-17(22)20(28)25-21(22)29)27-8-6-13(7-9-27)19-16-4-2-14(23)10-18(16)30-26-19/h2-5,10-13,17H,6-9H2,1H3,(H,25,28,29). The molecule has 3 atom stereocenters. The van der Waals surface area contributed by atoms with Crippen LogP contribution in [-0.4, -0.2) is 41.0 Å². The average molecular weight is 413 g/mol. The van der Waals surface area contributed by atoms with Gasteiger partial charge < -0.3 is 4.52 Å². The summed E-state index contributed by atoms with van der Waals surface area (Å²) in [6, 6.07) is 4.06. The number of amides is 2. The minimum absolute atomic E-state index is 0.144. The predicted molar refractivity (Wildman–Crippen MR) is 104 cm³/mol. The third-order valence-electron chi connectivity index (χ3n) is 6.87. The number of imide groups is 1. The molecule has 5 rings (SSSR count). The highest BCUT2D eigenvalue weighted by Gasteiger charge is 2.58. The van der Waals surface area contributed by atoms with Gasteiger partial charge in [0.05, 0.1) is 11.6 Å². The SMILES string of the molecule is CC(N1CCC(c2noc3cc(F)ccc23)CC1)C12C=C(F)C=CC1C(=O)NC2=O. The molecule has 8 heteroatoms. The summed E-state index contributed by atoms with van der Waals surface area (Å²) in [5.74, 6) is -2.26. The van der Waals surface area contributed by atoms with Gasteiger partial charge in [0.1, 0.15) is 17.1 Å². The molecule has 0 spiro atoms. The second-order valence-corrected chi connectivity index (χ2v) is 8.31. The van der Waals surface area contributed by atoms with Crippen molar-refractivity contribution in [2.75, 3.05) is 13.1 Å². The van der Waals surface area contributed by atoms with Crippen LogP contribution < -0.4 is 5.32 Å². The molecule has 1 N–H and O–H groups in total. The van der Waals surface area contributed by atoms with Crippen molar-refractivity contribution in [1.82, 2.24) is 15.4 Å². The highest BCUT2D eigenvalue weighted by molar-refractivity contribution is 6.10. The minimum Gasteiger partial charge on any atom is -0.356 e. The molecular formula is C22H21F2N3O3. The molecule has 3 unspecified atom stereocenters. The fourth-order valence-electron chi connectivity index (χ4n) is 5.18. The summed E-state index contributed by atoms with van der Waals surface area (Å²) in [7, 11) is 0. The third kappa shape index (κ3) is 2.74. The van der Waals surface area contributed by atoms with Crippen LogP contribution in [0, 0.1) is 17.2 Å². The highest BCUT2D eigenvalue weighted by atomic mass is 19.1. The van der Waals surface area contributed by atoms with Crippen molar-refractivity contribution >= 4 is 22.8 Å². The number of carbonyl (C=O) groups excluding carboxylic acids is 2. The van der Waals surface area contributed by atoms with Crippen LogP contribution in [0.3, 0.4) is 0 Å². The third-order valence-corrected chi connectivity index (χ3v) is 6.87. The van der Waals surface area contributed by atoms with Crippen molar-refractivity contribution in [3.8, 4) is 0 Å². The van der Waals surface area contributed by atoms with Crippen molar-refractivity contribution in [3.63, 3.8) is 0 Å². The lowest BCUT2D eigenvalue weighted by molar-refractivity contribution is -0.129. The van der Waals surface area contributed by atoms with Gasteiger partial charge in [-0.2, -0.15) is 0 Å². The molecule has 2 aliphatic heterocycles. The number of halogens is 2. The average Bonchev–Trinajstić information content (AvgIpc) is 3.26. The van der Waals surface area contributed by atoms with Gasteiger partial charge in [-0.1, -0.05) is 11.2 Å². The summed E-state index contributed by atoms with van der Waals surface area (Å²) < 4.78 is 32.8. The number of likely N-dealkylation sites (tertiary alicyclic amines) is 1. The Bertz CT molecular complexity index is 1100. The van der Waals surface area contributed by atoms with Crippen LogP contribution in [-0.2, 0) is 9.59 Å². The van der Waals surface area contributed by atoms with Crippen molar-refractivity contribution in [1.29, 1.82) is 0 Å². The largest absolute Gasteiger partial charge is 0.356 e. The Hall–Kier alpha value is -2.87. The lowest BCUT2D eigenvalue weighted by atomic mass is 9.68. The summed E-state index contributed by atoms with van der Waals surface area (Å²) in [5.41, 5.74) is 0.00729. The number of aromatic nitrogens is 1. The Morgan fingerprint density at radius 3 is 2.80 bits per heavy atom. The van der Waals surface area contributed by atoms with E-state index in [1.165, 1.54) is 30.4 Å². The first kappa shape index (κ1) is 19.1. The van der Waals surface area contributed by atoms with Crippen LogP contribution in [0.1, 0.15) is 31.4 Å². The number of nitrogens with one attached hydrogen (secondary N) is 1. The van der Waals surface area contributed by atoms with Crippen molar-refractivity contribution in [2.45, 2.75) is 31.7 Å². The molecule has 1 aliphatic carbocycles. The van der Waals surface area contributed by atoms with Crippen molar-refractivity contribution in [3.05, 3.63) is 53.8 Å². The molecular weight excluding hydrogens is 392 g/mol. The summed E-state index contributed by atoms with van der Waals surface area (Å²) in [6.45, 7) is 3.20. The van der Waals surface area contributed by atoms with Gasteiger partial charge in [0.15, 0.2) is 5.58 Å².